The maximum absolute atomic E-state index is 13.6. The molecule has 0 aliphatic rings. The lowest BCUT2D eigenvalue weighted by Crippen LogP contribution is -2.29. The molecule has 1 amide bonds. The Kier molecular flexibility index (Phi) is 4.94. The van der Waals surface area contributed by atoms with Crippen LogP contribution < -0.4 is 5.32 Å². The Bertz CT molecular complexity index is 643. The van der Waals surface area contributed by atoms with Crippen molar-refractivity contribution in [3.05, 3.63) is 70.0 Å². The summed E-state index contributed by atoms with van der Waals surface area (Å²) in [5.74, 6) is -1.14. The summed E-state index contributed by atoms with van der Waals surface area (Å²) in [6.07, 6.45) is -0.876. The quantitative estimate of drug-likeness (QED) is 0.911. The van der Waals surface area contributed by atoms with Crippen molar-refractivity contribution >= 4 is 17.5 Å². The molecular formula is C16H15ClFNO2. The maximum Gasteiger partial charge on any atom is 0.254 e. The largest absolute Gasteiger partial charge is 0.387 e. The van der Waals surface area contributed by atoms with Crippen LogP contribution in [0.4, 0.5) is 4.39 Å². The van der Waals surface area contributed by atoms with Crippen molar-refractivity contribution in [3.63, 3.8) is 0 Å². The number of aliphatic hydroxyl groups excluding tert-OH is 1. The minimum atomic E-state index is -0.876. The first-order valence-corrected chi connectivity index (χ1v) is 6.83. The molecule has 2 aromatic rings. The molecule has 0 aliphatic carbocycles. The number of amides is 1. The highest BCUT2D eigenvalue weighted by Gasteiger charge is 2.14. The Balaban J connectivity index is 2.00. The van der Waals surface area contributed by atoms with E-state index < -0.39 is 17.8 Å². The van der Waals surface area contributed by atoms with Crippen molar-refractivity contribution in [1.29, 1.82) is 0 Å². The summed E-state index contributed by atoms with van der Waals surface area (Å²) in [6.45, 7) is 1.77. The molecule has 0 bridgehead atoms. The fourth-order valence-corrected chi connectivity index (χ4v) is 2.03. The number of aryl methyl sites for hydroxylation is 1. The van der Waals surface area contributed by atoms with Gasteiger partial charge in [-0.05, 0) is 36.8 Å². The molecule has 1 atom stereocenters. The molecule has 2 rings (SSSR count). The second kappa shape index (κ2) is 6.70. The van der Waals surface area contributed by atoms with Crippen LogP contribution in [0.1, 0.15) is 27.6 Å². The standard InChI is InChI=1S/C16H15ClFNO2/c1-10-2-7-14(18)13(8-10)16(21)19-9-15(20)11-3-5-12(17)6-4-11/h2-8,15,20H,9H2,1H3,(H,19,21). The molecular weight excluding hydrogens is 293 g/mol. The lowest BCUT2D eigenvalue weighted by molar-refractivity contribution is 0.0912. The van der Waals surface area contributed by atoms with Gasteiger partial charge in [0.2, 0.25) is 0 Å². The van der Waals surface area contributed by atoms with Crippen LogP contribution in [-0.4, -0.2) is 17.6 Å². The average Bonchev–Trinajstić information content (AvgIpc) is 2.47. The molecule has 21 heavy (non-hydrogen) atoms. The number of carbonyl (C=O) groups excluding carboxylic acids is 1. The third-order valence-corrected chi connectivity index (χ3v) is 3.33. The number of halogens is 2. The van der Waals surface area contributed by atoms with Gasteiger partial charge in [0.1, 0.15) is 5.82 Å². The highest BCUT2D eigenvalue weighted by atomic mass is 35.5. The lowest BCUT2D eigenvalue weighted by atomic mass is 10.1. The van der Waals surface area contributed by atoms with Gasteiger partial charge in [-0.3, -0.25) is 4.79 Å². The van der Waals surface area contributed by atoms with Crippen LogP contribution >= 0.6 is 11.6 Å². The summed E-state index contributed by atoms with van der Waals surface area (Å²) in [5.41, 5.74) is 1.39. The zero-order valence-corrected chi connectivity index (χ0v) is 12.2. The number of aliphatic hydroxyl groups is 1. The molecule has 0 saturated heterocycles. The van der Waals surface area contributed by atoms with Gasteiger partial charge in [-0.25, -0.2) is 4.39 Å². The lowest BCUT2D eigenvalue weighted by Gasteiger charge is -2.13. The van der Waals surface area contributed by atoms with Crippen molar-refractivity contribution in [1.82, 2.24) is 5.32 Å². The van der Waals surface area contributed by atoms with Gasteiger partial charge < -0.3 is 10.4 Å². The van der Waals surface area contributed by atoms with E-state index in [0.717, 1.165) is 5.56 Å². The highest BCUT2D eigenvalue weighted by molar-refractivity contribution is 6.30. The van der Waals surface area contributed by atoms with E-state index in [4.69, 9.17) is 11.6 Å². The first-order valence-electron chi connectivity index (χ1n) is 6.45. The fourth-order valence-electron chi connectivity index (χ4n) is 1.90. The number of benzene rings is 2. The molecule has 0 radical (unpaired) electrons. The van der Waals surface area contributed by atoms with Crippen LogP contribution in [0.2, 0.25) is 5.02 Å². The number of carbonyl (C=O) groups is 1. The van der Waals surface area contributed by atoms with Crippen LogP contribution in [0, 0.1) is 12.7 Å². The predicted octanol–water partition coefficient (Wildman–Crippen LogP) is 3.25. The van der Waals surface area contributed by atoms with Gasteiger partial charge in [0, 0.05) is 11.6 Å². The molecule has 3 nitrogen and oxygen atoms in total. The van der Waals surface area contributed by atoms with Gasteiger partial charge >= 0.3 is 0 Å². The van der Waals surface area contributed by atoms with Gasteiger partial charge in [0.05, 0.1) is 11.7 Å². The van der Waals surface area contributed by atoms with E-state index in [9.17, 15) is 14.3 Å². The first-order chi connectivity index (χ1) is 9.97. The van der Waals surface area contributed by atoms with Gasteiger partial charge in [0.25, 0.3) is 5.91 Å². The van der Waals surface area contributed by atoms with E-state index in [0.29, 0.717) is 10.6 Å². The maximum atomic E-state index is 13.6. The third kappa shape index (κ3) is 4.03. The minimum Gasteiger partial charge on any atom is -0.387 e. The summed E-state index contributed by atoms with van der Waals surface area (Å²) in [4.78, 5) is 11.9. The van der Waals surface area contributed by atoms with E-state index >= 15 is 0 Å². The molecule has 0 fully saturated rings. The molecule has 0 spiro atoms. The number of hydrogen-bond acceptors (Lipinski definition) is 2. The second-order valence-corrected chi connectivity index (χ2v) is 5.20. The molecule has 5 heteroatoms. The van der Waals surface area contributed by atoms with E-state index in [2.05, 4.69) is 5.32 Å². The van der Waals surface area contributed by atoms with Crippen molar-refractivity contribution in [2.24, 2.45) is 0 Å². The van der Waals surface area contributed by atoms with E-state index in [-0.39, 0.29) is 12.1 Å². The Hall–Kier alpha value is -1.91. The molecule has 0 saturated carbocycles. The Morgan fingerprint density at radius 3 is 2.62 bits per heavy atom. The topological polar surface area (TPSA) is 49.3 Å². The van der Waals surface area contributed by atoms with Crippen LogP contribution in [0.3, 0.4) is 0 Å². The second-order valence-electron chi connectivity index (χ2n) is 4.76. The van der Waals surface area contributed by atoms with Crippen LogP contribution in [0.25, 0.3) is 0 Å². The highest BCUT2D eigenvalue weighted by Crippen LogP contribution is 2.16. The van der Waals surface area contributed by atoms with E-state index in [1.807, 2.05) is 0 Å². The number of rotatable bonds is 4. The van der Waals surface area contributed by atoms with Gasteiger partial charge in [-0.2, -0.15) is 0 Å². The van der Waals surface area contributed by atoms with Gasteiger partial charge in [0.15, 0.2) is 0 Å². The smallest absolute Gasteiger partial charge is 0.254 e. The molecule has 0 aromatic heterocycles. The molecule has 2 aromatic carbocycles. The first kappa shape index (κ1) is 15.5. The van der Waals surface area contributed by atoms with E-state index in [1.165, 1.54) is 12.1 Å². The van der Waals surface area contributed by atoms with Crippen molar-refractivity contribution in [3.8, 4) is 0 Å². The van der Waals surface area contributed by atoms with Crippen LogP contribution in [0.15, 0.2) is 42.5 Å². The van der Waals surface area contributed by atoms with Crippen LogP contribution in [0.5, 0.6) is 0 Å². The molecule has 1 unspecified atom stereocenters. The SMILES string of the molecule is Cc1ccc(F)c(C(=O)NCC(O)c2ccc(Cl)cc2)c1. The summed E-state index contributed by atoms with van der Waals surface area (Å²) >= 11 is 5.76. The summed E-state index contributed by atoms with van der Waals surface area (Å²) < 4.78 is 13.6. The molecule has 110 valence electrons. The normalized spacial score (nSPS) is 12.0. The zero-order valence-electron chi connectivity index (χ0n) is 11.4. The molecule has 0 aliphatic heterocycles. The van der Waals surface area contributed by atoms with Gasteiger partial charge in [-0.1, -0.05) is 35.4 Å². The predicted molar refractivity (Wildman–Crippen MR) is 79.9 cm³/mol. The van der Waals surface area contributed by atoms with Crippen molar-refractivity contribution in [2.75, 3.05) is 6.54 Å². The molecule has 0 heterocycles. The summed E-state index contributed by atoms with van der Waals surface area (Å²) in [6, 6.07) is 11.0. The molecule has 2 N–H and O–H groups in total. The summed E-state index contributed by atoms with van der Waals surface area (Å²) in [5, 5.41) is 13.1. The Morgan fingerprint density at radius 1 is 1.29 bits per heavy atom. The number of nitrogens with one attached hydrogen (secondary N) is 1. The third-order valence-electron chi connectivity index (χ3n) is 3.08. The Labute approximate surface area is 127 Å². The van der Waals surface area contributed by atoms with Gasteiger partial charge in [-0.15, -0.1) is 0 Å². The van der Waals surface area contributed by atoms with Crippen LogP contribution in [-0.2, 0) is 0 Å². The monoisotopic (exact) mass is 307 g/mol. The summed E-state index contributed by atoms with van der Waals surface area (Å²) in [7, 11) is 0. The number of hydrogen-bond donors (Lipinski definition) is 2. The Morgan fingerprint density at radius 2 is 1.95 bits per heavy atom. The average molecular weight is 308 g/mol. The minimum absolute atomic E-state index is 0.00610. The van der Waals surface area contributed by atoms with Crippen molar-refractivity contribution < 1.29 is 14.3 Å². The fraction of sp³-hybridized carbons (Fsp3) is 0.188. The van der Waals surface area contributed by atoms with E-state index in [1.54, 1.807) is 37.3 Å². The van der Waals surface area contributed by atoms with Crippen molar-refractivity contribution in [2.45, 2.75) is 13.0 Å². The zero-order chi connectivity index (χ0) is 15.4.